The number of nitrogens with two attached hydrogens (primary N) is 1. The second-order valence-corrected chi connectivity index (χ2v) is 5.99. The summed E-state index contributed by atoms with van der Waals surface area (Å²) < 4.78 is 0. The molecule has 2 heterocycles. The molecule has 1 atom stereocenters. The summed E-state index contributed by atoms with van der Waals surface area (Å²) in [5, 5.41) is 0. The maximum atomic E-state index is 5.99. The van der Waals surface area contributed by atoms with Crippen LogP contribution in [0.1, 0.15) is 23.2 Å². The first kappa shape index (κ1) is 14.0. The lowest BCUT2D eigenvalue weighted by Crippen LogP contribution is -2.27. The van der Waals surface area contributed by atoms with E-state index in [0.717, 1.165) is 42.4 Å². The normalized spacial score (nSPS) is 18.3. The van der Waals surface area contributed by atoms with E-state index in [2.05, 4.69) is 41.9 Å². The van der Waals surface area contributed by atoms with Crippen LogP contribution in [0.4, 0.5) is 5.95 Å². The first-order chi connectivity index (χ1) is 10.0. The lowest BCUT2D eigenvalue weighted by Gasteiger charge is -2.17. The van der Waals surface area contributed by atoms with E-state index in [1.807, 2.05) is 13.0 Å². The van der Waals surface area contributed by atoms with Crippen LogP contribution in [0.25, 0.3) is 11.3 Å². The molecule has 1 aliphatic rings. The van der Waals surface area contributed by atoms with Gasteiger partial charge in [0.05, 0.1) is 5.69 Å². The Hall–Kier alpha value is -1.94. The van der Waals surface area contributed by atoms with Gasteiger partial charge in [-0.25, -0.2) is 9.97 Å². The third-order valence-corrected chi connectivity index (χ3v) is 4.15. The van der Waals surface area contributed by atoms with E-state index in [-0.39, 0.29) is 6.04 Å². The fourth-order valence-electron chi connectivity index (χ4n) is 2.71. The van der Waals surface area contributed by atoms with E-state index in [4.69, 9.17) is 10.7 Å². The third kappa shape index (κ3) is 2.90. The fraction of sp³-hybridized carbons (Fsp3) is 0.412. The van der Waals surface area contributed by atoms with Gasteiger partial charge in [-0.3, -0.25) is 0 Å². The zero-order valence-corrected chi connectivity index (χ0v) is 12.9. The van der Waals surface area contributed by atoms with E-state index in [1.165, 1.54) is 11.1 Å². The molecule has 1 aromatic carbocycles. The maximum absolute atomic E-state index is 5.99. The predicted octanol–water partition coefficient (Wildman–Crippen LogP) is 2.61. The average Bonchev–Trinajstić information content (AvgIpc) is 2.88. The molecule has 2 aromatic rings. The first-order valence-corrected chi connectivity index (χ1v) is 7.47. The topological polar surface area (TPSA) is 55.0 Å². The zero-order valence-electron chi connectivity index (χ0n) is 12.9. The third-order valence-electron chi connectivity index (χ3n) is 4.15. The summed E-state index contributed by atoms with van der Waals surface area (Å²) in [6.45, 7) is 8.06. The lowest BCUT2D eigenvalue weighted by molar-refractivity contribution is 0.750. The summed E-state index contributed by atoms with van der Waals surface area (Å²) in [7, 11) is 0. The number of rotatable bonds is 2. The van der Waals surface area contributed by atoms with Gasteiger partial charge >= 0.3 is 0 Å². The van der Waals surface area contributed by atoms with Gasteiger partial charge in [0.15, 0.2) is 0 Å². The smallest absolute Gasteiger partial charge is 0.226 e. The van der Waals surface area contributed by atoms with Crippen molar-refractivity contribution in [1.29, 1.82) is 0 Å². The SMILES string of the molecule is Cc1cc(-c2ccc(C)c(C)c2)nc(N2CCC(N)C2)n1. The molecular weight excluding hydrogens is 260 g/mol. The summed E-state index contributed by atoms with van der Waals surface area (Å²) in [5.74, 6) is 0.802. The Bertz CT molecular complexity index is 666. The molecule has 0 spiro atoms. The van der Waals surface area contributed by atoms with Gasteiger partial charge in [-0.2, -0.15) is 0 Å². The molecule has 4 nitrogen and oxygen atoms in total. The van der Waals surface area contributed by atoms with Crippen molar-refractivity contribution >= 4 is 5.95 Å². The highest BCUT2D eigenvalue weighted by atomic mass is 15.3. The highest BCUT2D eigenvalue weighted by Crippen LogP contribution is 2.24. The van der Waals surface area contributed by atoms with Crippen molar-refractivity contribution in [2.24, 2.45) is 5.73 Å². The van der Waals surface area contributed by atoms with E-state index >= 15 is 0 Å². The Morgan fingerprint density at radius 1 is 1.10 bits per heavy atom. The quantitative estimate of drug-likeness (QED) is 0.920. The van der Waals surface area contributed by atoms with Crippen LogP contribution in [0.2, 0.25) is 0 Å². The molecule has 1 aromatic heterocycles. The number of benzene rings is 1. The van der Waals surface area contributed by atoms with Gasteiger partial charge in [-0.15, -0.1) is 0 Å². The zero-order chi connectivity index (χ0) is 15.0. The molecule has 1 fully saturated rings. The maximum Gasteiger partial charge on any atom is 0.226 e. The van der Waals surface area contributed by atoms with Crippen LogP contribution in [0, 0.1) is 20.8 Å². The number of anilines is 1. The molecule has 0 radical (unpaired) electrons. The van der Waals surface area contributed by atoms with Crippen molar-refractivity contribution in [3.63, 3.8) is 0 Å². The molecule has 3 rings (SSSR count). The van der Waals surface area contributed by atoms with Gasteiger partial charge < -0.3 is 10.6 Å². The number of hydrogen-bond acceptors (Lipinski definition) is 4. The molecule has 0 saturated carbocycles. The Kier molecular flexibility index (Phi) is 3.64. The van der Waals surface area contributed by atoms with E-state index in [9.17, 15) is 0 Å². The number of aromatic nitrogens is 2. The molecule has 21 heavy (non-hydrogen) atoms. The summed E-state index contributed by atoms with van der Waals surface area (Å²) in [4.78, 5) is 11.5. The minimum Gasteiger partial charge on any atom is -0.339 e. The predicted molar refractivity (Wildman–Crippen MR) is 86.5 cm³/mol. The second kappa shape index (κ2) is 5.45. The van der Waals surface area contributed by atoms with E-state index in [0.29, 0.717) is 0 Å². The molecule has 0 bridgehead atoms. The minimum absolute atomic E-state index is 0.235. The van der Waals surface area contributed by atoms with Crippen molar-refractivity contribution in [3.8, 4) is 11.3 Å². The van der Waals surface area contributed by atoms with Crippen LogP contribution in [0.3, 0.4) is 0 Å². The Morgan fingerprint density at radius 3 is 2.57 bits per heavy atom. The Balaban J connectivity index is 1.99. The minimum atomic E-state index is 0.235. The van der Waals surface area contributed by atoms with Crippen LogP contribution in [0.15, 0.2) is 24.3 Å². The van der Waals surface area contributed by atoms with Crippen LogP contribution in [0.5, 0.6) is 0 Å². The lowest BCUT2D eigenvalue weighted by atomic mass is 10.0. The van der Waals surface area contributed by atoms with Crippen LogP contribution in [-0.2, 0) is 0 Å². The molecular formula is C17H22N4. The Labute approximate surface area is 126 Å². The molecule has 0 aliphatic carbocycles. The van der Waals surface area contributed by atoms with Gasteiger partial charge in [0.25, 0.3) is 0 Å². The summed E-state index contributed by atoms with van der Waals surface area (Å²) in [5.41, 5.74) is 11.7. The second-order valence-electron chi connectivity index (χ2n) is 5.99. The Morgan fingerprint density at radius 2 is 1.90 bits per heavy atom. The monoisotopic (exact) mass is 282 g/mol. The van der Waals surface area contributed by atoms with Gasteiger partial charge in [-0.1, -0.05) is 12.1 Å². The first-order valence-electron chi connectivity index (χ1n) is 7.47. The van der Waals surface area contributed by atoms with Crippen LogP contribution >= 0.6 is 0 Å². The van der Waals surface area contributed by atoms with E-state index < -0.39 is 0 Å². The summed E-state index contributed by atoms with van der Waals surface area (Å²) in [6, 6.07) is 8.75. The van der Waals surface area contributed by atoms with Crippen molar-refractivity contribution in [2.75, 3.05) is 18.0 Å². The van der Waals surface area contributed by atoms with Gasteiger partial charge in [0.2, 0.25) is 5.95 Å². The van der Waals surface area contributed by atoms with Crippen molar-refractivity contribution in [2.45, 2.75) is 33.2 Å². The summed E-state index contributed by atoms with van der Waals surface area (Å²) in [6.07, 6.45) is 1.01. The van der Waals surface area contributed by atoms with Crippen LogP contribution < -0.4 is 10.6 Å². The van der Waals surface area contributed by atoms with Gasteiger partial charge in [-0.05, 0) is 50.5 Å². The van der Waals surface area contributed by atoms with Crippen molar-refractivity contribution in [1.82, 2.24) is 9.97 Å². The fourth-order valence-corrected chi connectivity index (χ4v) is 2.71. The highest BCUT2D eigenvalue weighted by Gasteiger charge is 2.22. The van der Waals surface area contributed by atoms with E-state index in [1.54, 1.807) is 0 Å². The van der Waals surface area contributed by atoms with Crippen molar-refractivity contribution < 1.29 is 0 Å². The number of nitrogens with zero attached hydrogens (tertiary/aromatic N) is 3. The van der Waals surface area contributed by atoms with Crippen molar-refractivity contribution in [3.05, 3.63) is 41.1 Å². The number of hydrogen-bond donors (Lipinski definition) is 1. The number of aryl methyl sites for hydroxylation is 3. The average molecular weight is 282 g/mol. The largest absolute Gasteiger partial charge is 0.339 e. The standard InChI is InChI=1S/C17H22N4/c1-11-4-5-14(8-12(11)2)16-9-13(3)19-17(20-16)21-7-6-15(18)10-21/h4-5,8-9,15H,6-7,10,18H2,1-3H3. The molecule has 110 valence electrons. The molecule has 1 aliphatic heterocycles. The summed E-state index contributed by atoms with van der Waals surface area (Å²) >= 11 is 0. The highest BCUT2D eigenvalue weighted by molar-refractivity contribution is 5.62. The van der Waals surface area contributed by atoms with Gasteiger partial charge in [0, 0.05) is 30.4 Å². The molecule has 1 unspecified atom stereocenters. The molecule has 0 amide bonds. The molecule has 2 N–H and O–H groups in total. The molecule has 4 heteroatoms. The van der Waals surface area contributed by atoms with Gasteiger partial charge in [0.1, 0.15) is 0 Å². The van der Waals surface area contributed by atoms with Crippen LogP contribution in [-0.4, -0.2) is 29.1 Å². The molecule has 1 saturated heterocycles.